The Morgan fingerprint density at radius 3 is 2.62 bits per heavy atom. The molecule has 24 heavy (non-hydrogen) atoms. The second kappa shape index (κ2) is 7.82. The fraction of sp³-hybridized carbons (Fsp3) is 0.353. The van der Waals surface area contributed by atoms with Crippen molar-refractivity contribution >= 4 is 17.4 Å². The molecule has 0 saturated heterocycles. The van der Waals surface area contributed by atoms with Crippen molar-refractivity contribution in [3.63, 3.8) is 0 Å². The minimum absolute atomic E-state index is 0. The molecule has 0 bridgehead atoms. The van der Waals surface area contributed by atoms with Crippen LogP contribution in [-0.2, 0) is 5.41 Å². The molecule has 2 aromatic rings. The van der Waals surface area contributed by atoms with Gasteiger partial charge in [0.15, 0.2) is 11.6 Å². The molecule has 0 amide bonds. The van der Waals surface area contributed by atoms with Crippen LogP contribution in [-0.4, -0.2) is 20.7 Å². The molecule has 1 saturated carbocycles. The summed E-state index contributed by atoms with van der Waals surface area (Å²) in [4.78, 5) is 22.6. The predicted octanol–water partition coefficient (Wildman–Crippen LogP) is 1.57. The molecule has 0 unspecified atom stereocenters. The zero-order valence-electron chi connectivity index (χ0n) is 14.2. The Morgan fingerprint density at radius 1 is 1.42 bits per heavy atom. The zero-order chi connectivity index (χ0) is 15.9. The molecule has 0 atom stereocenters. The Labute approximate surface area is 158 Å². The third kappa shape index (κ3) is 3.74. The van der Waals surface area contributed by atoms with Crippen molar-refractivity contribution in [1.82, 2.24) is 15.0 Å². The normalized spacial score (nSPS) is 15.5. The van der Waals surface area contributed by atoms with Gasteiger partial charge in [0.2, 0.25) is 5.28 Å². The summed E-state index contributed by atoms with van der Waals surface area (Å²) in [7, 11) is 0. The Morgan fingerprint density at radius 2 is 2.04 bits per heavy atom. The number of carbonyl (C=O) groups excluding carboxylic acids is 1. The van der Waals surface area contributed by atoms with Crippen molar-refractivity contribution < 1.29 is 28.0 Å². The number of hydrogen-bond acceptors (Lipinski definition) is 3. The second-order valence-corrected chi connectivity index (χ2v) is 6.19. The van der Waals surface area contributed by atoms with E-state index >= 15 is 0 Å². The van der Waals surface area contributed by atoms with Gasteiger partial charge in [-0.15, -0.1) is 5.41 Å². The summed E-state index contributed by atoms with van der Waals surface area (Å²) in [6.45, 7) is 5.79. The van der Waals surface area contributed by atoms with E-state index in [0.717, 1.165) is 37.6 Å². The molecule has 124 valence electrons. The maximum absolute atomic E-state index is 14.0. The van der Waals surface area contributed by atoms with E-state index in [-0.39, 0.29) is 48.5 Å². The number of halogens is 2. The topological polar surface area (TPSA) is 58.6 Å². The summed E-state index contributed by atoms with van der Waals surface area (Å²) in [5, 5.41) is -0.0397. The van der Waals surface area contributed by atoms with E-state index < -0.39 is 5.82 Å². The van der Waals surface area contributed by atoms with Crippen molar-refractivity contribution in [2.75, 3.05) is 0 Å². The molecule has 7 heteroatoms. The number of H-pyrrole nitrogens is 1. The van der Waals surface area contributed by atoms with Crippen LogP contribution in [0.25, 0.3) is 11.4 Å². The van der Waals surface area contributed by atoms with Crippen LogP contribution in [0.4, 0.5) is 4.39 Å². The fourth-order valence-electron chi connectivity index (χ4n) is 3.11. The van der Waals surface area contributed by atoms with E-state index in [1.54, 1.807) is 6.07 Å². The van der Waals surface area contributed by atoms with Crippen LogP contribution in [0.3, 0.4) is 0 Å². The minimum Gasteiger partial charge on any atom is -0.358 e. The van der Waals surface area contributed by atoms with E-state index in [2.05, 4.69) is 21.9 Å². The fourth-order valence-corrected chi connectivity index (χ4v) is 3.25. The van der Waals surface area contributed by atoms with Crippen molar-refractivity contribution in [3.05, 3.63) is 49.0 Å². The second-order valence-electron chi connectivity index (χ2n) is 5.85. The third-order valence-corrected chi connectivity index (χ3v) is 4.44. The molecular formula is C17H19ClFLiN3O-. The molecule has 1 fully saturated rings. The summed E-state index contributed by atoms with van der Waals surface area (Å²) in [6, 6.07) is 1.63. The van der Waals surface area contributed by atoms with Gasteiger partial charge < -0.3 is 19.3 Å². The van der Waals surface area contributed by atoms with E-state index in [4.69, 9.17) is 11.6 Å². The summed E-state index contributed by atoms with van der Waals surface area (Å²) >= 11 is 5.75. The number of Topliss-reactive ketones (excluding diaryl/α,β-unsaturated/α-hetero) is 1. The number of carbonyl (C=O) groups is 1. The van der Waals surface area contributed by atoms with Crippen LogP contribution < -0.4 is 18.9 Å². The average Bonchev–Trinajstić information content (AvgIpc) is 3.09. The number of hydrogen-bond donors (Lipinski definition) is 1. The molecular weight excluding hydrogens is 324 g/mol. The van der Waals surface area contributed by atoms with Crippen LogP contribution in [0.15, 0.2) is 12.3 Å². The molecule has 1 N–H and O–H groups in total. The zero-order valence-corrected chi connectivity index (χ0v) is 15.0. The van der Waals surface area contributed by atoms with Crippen molar-refractivity contribution in [3.8, 4) is 11.4 Å². The number of rotatable bonds is 3. The van der Waals surface area contributed by atoms with Crippen LogP contribution >= 0.6 is 11.6 Å². The van der Waals surface area contributed by atoms with Gasteiger partial charge in [-0.1, -0.05) is 25.7 Å². The van der Waals surface area contributed by atoms with Crippen molar-refractivity contribution in [2.45, 2.75) is 38.0 Å². The maximum atomic E-state index is 14.0. The maximum Gasteiger partial charge on any atom is 1.00 e. The molecule has 1 aliphatic rings. The first-order valence-corrected chi connectivity index (χ1v) is 7.57. The minimum atomic E-state index is -0.586. The Kier molecular flexibility index (Phi) is 6.81. The standard InChI is InChI=1S/C16H16ClFN3O.CH3.Li/c1-9(22)10-7-12(13-11(18)8-19-15(17)21-13)20-14(10)16(2)5-3-4-6-16;;/h7-8,20H,2-6H2,1H3;1H3;/q2*-1;+1. The molecule has 2 aromatic heterocycles. The van der Waals surface area contributed by atoms with Gasteiger partial charge in [0.1, 0.15) is 5.69 Å². The molecule has 3 rings (SSSR count). The summed E-state index contributed by atoms with van der Waals surface area (Å²) in [5.74, 6) is -0.662. The van der Waals surface area contributed by atoms with Gasteiger partial charge in [-0.25, -0.2) is 14.4 Å². The van der Waals surface area contributed by atoms with Gasteiger partial charge in [-0.3, -0.25) is 4.79 Å². The van der Waals surface area contributed by atoms with Crippen LogP contribution in [0.2, 0.25) is 5.28 Å². The third-order valence-electron chi connectivity index (χ3n) is 4.26. The number of nitrogens with zero attached hydrogens (tertiary/aromatic N) is 2. The number of nitrogens with one attached hydrogen (secondary N) is 1. The first kappa shape index (κ1) is 20.9. The van der Waals surface area contributed by atoms with Crippen LogP contribution in [0, 0.1) is 20.2 Å². The van der Waals surface area contributed by atoms with Gasteiger partial charge in [-0.05, 0) is 24.6 Å². The predicted molar refractivity (Wildman–Crippen MR) is 88.7 cm³/mol. The molecule has 0 aliphatic heterocycles. The van der Waals surface area contributed by atoms with Gasteiger partial charge >= 0.3 is 18.9 Å². The molecule has 0 radical (unpaired) electrons. The van der Waals surface area contributed by atoms with Gasteiger partial charge in [0.05, 0.1) is 11.9 Å². The largest absolute Gasteiger partial charge is 1.00 e. The smallest absolute Gasteiger partial charge is 0.358 e. The average molecular weight is 343 g/mol. The molecule has 4 nitrogen and oxygen atoms in total. The number of aromatic nitrogens is 3. The monoisotopic (exact) mass is 342 g/mol. The Bertz CT molecular complexity index is 741. The summed E-state index contributed by atoms with van der Waals surface area (Å²) in [5.41, 5.74) is 1.47. The number of ketones is 1. The molecule has 1 aliphatic carbocycles. The number of aromatic amines is 1. The molecule has 2 heterocycles. The van der Waals surface area contributed by atoms with Crippen LogP contribution in [0.5, 0.6) is 0 Å². The van der Waals surface area contributed by atoms with E-state index in [0.29, 0.717) is 11.3 Å². The van der Waals surface area contributed by atoms with Crippen LogP contribution in [0.1, 0.15) is 48.7 Å². The van der Waals surface area contributed by atoms with E-state index in [1.165, 1.54) is 6.92 Å². The van der Waals surface area contributed by atoms with Gasteiger partial charge in [0, 0.05) is 11.3 Å². The first-order valence-electron chi connectivity index (χ1n) is 7.19. The van der Waals surface area contributed by atoms with Crippen molar-refractivity contribution in [2.24, 2.45) is 0 Å². The van der Waals surface area contributed by atoms with E-state index in [1.807, 2.05) is 0 Å². The Hall–Kier alpha value is -1.15. The van der Waals surface area contributed by atoms with E-state index in [9.17, 15) is 9.18 Å². The Balaban J connectivity index is 0.00000144. The van der Waals surface area contributed by atoms with Gasteiger partial charge in [-0.2, -0.15) is 0 Å². The first-order chi connectivity index (χ1) is 10.4. The molecule has 0 aromatic carbocycles. The molecule has 0 spiro atoms. The summed E-state index contributed by atoms with van der Waals surface area (Å²) < 4.78 is 14.0. The SMILES string of the molecule is [CH2-]C1(c2[nH]c(-c3nc(Cl)ncc3F)cc2C(C)=O)CCCC1.[CH3-].[Li+]. The quantitative estimate of drug-likeness (QED) is 0.399. The summed E-state index contributed by atoms with van der Waals surface area (Å²) in [6.07, 6.45) is 4.97. The van der Waals surface area contributed by atoms with Crippen molar-refractivity contribution in [1.29, 1.82) is 0 Å². The van der Waals surface area contributed by atoms with Gasteiger partial charge in [0.25, 0.3) is 0 Å².